The second kappa shape index (κ2) is 5.42. The number of fused-ring (bicyclic) bond motifs is 1. The van der Waals surface area contributed by atoms with Gasteiger partial charge in [-0.1, -0.05) is 11.6 Å². The van der Waals surface area contributed by atoms with Gasteiger partial charge in [-0.3, -0.25) is 4.79 Å². The minimum absolute atomic E-state index is 0.0340. The fraction of sp³-hybridized carbons (Fsp3) is 0.400. The van der Waals surface area contributed by atoms with Gasteiger partial charge >= 0.3 is 0 Å². The van der Waals surface area contributed by atoms with Gasteiger partial charge in [-0.25, -0.2) is 0 Å². The van der Waals surface area contributed by atoms with Crippen LogP contribution >= 0.6 is 11.3 Å². The molecule has 1 amide bonds. The Balaban J connectivity index is 1.85. The Kier molecular flexibility index (Phi) is 3.63. The van der Waals surface area contributed by atoms with E-state index in [2.05, 4.69) is 10.6 Å². The van der Waals surface area contributed by atoms with Crippen molar-refractivity contribution in [1.29, 1.82) is 0 Å². The van der Waals surface area contributed by atoms with Crippen LogP contribution in [-0.2, 0) is 0 Å². The molecule has 4 N–H and O–H groups in total. The number of piperidine rings is 1. The van der Waals surface area contributed by atoms with Crippen molar-refractivity contribution in [2.45, 2.75) is 25.8 Å². The van der Waals surface area contributed by atoms with Crippen molar-refractivity contribution in [2.75, 3.05) is 18.8 Å². The van der Waals surface area contributed by atoms with E-state index in [1.165, 1.54) is 11.3 Å². The minimum Gasteiger partial charge on any atom is -0.397 e. The summed E-state index contributed by atoms with van der Waals surface area (Å²) in [5, 5.41) is 7.39. The first-order chi connectivity index (χ1) is 9.65. The number of nitrogen functional groups attached to an aromatic ring is 1. The van der Waals surface area contributed by atoms with E-state index in [4.69, 9.17) is 5.73 Å². The minimum atomic E-state index is -0.0340. The molecule has 5 heteroatoms. The van der Waals surface area contributed by atoms with Gasteiger partial charge < -0.3 is 16.4 Å². The highest BCUT2D eigenvalue weighted by Gasteiger charge is 2.20. The second-order valence-electron chi connectivity index (χ2n) is 5.34. The van der Waals surface area contributed by atoms with Crippen LogP contribution in [0.2, 0.25) is 0 Å². The SMILES string of the molecule is Cc1ccc2sc(C(=O)NC3CCNCC3)c(N)c2c1. The van der Waals surface area contributed by atoms with Gasteiger partial charge in [0.2, 0.25) is 0 Å². The number of benzene rings is 1. The fourth-order valence-corrected chi connectivity index (χ4v) is 3.62. The maximum Gasteiger partial charge on any atom is 0.263 e. The van der Waals surface area contributed by atoms with Crippen LogP contribution in [0.3, 0.4) is 0 Å². The number of nitrogens with one attached hydrogen (secondary N) is 2. The molecule has 4 nitrogen and oxygen atoms in total. The van der Waals surface area contributed by atoms with Gasteiger partial charge in [-0.15, -0.1) is 11.3 Å². The molecule has 106 valence electrons. The molecule has 0 radical (unpaired) electrons. The van der Waals surface area contributed by atoms with E-state index in [1.807, 2.05) is 25.1 Å². The highest BCUT2D eigenvalue weighted by atomic mass is 32.1. The molecule has 3 rings (SSSR count). The molecule has 0 saturated carbocycles. The monoisotopic (exact) mass is 289 g/mol. The lowest BCUT2D eigenvalue weighted by Crippen LogP contribution is -2.42. The molecule has 1 aromatic carbocycles. The molecule has 1 aromatic heterocycles. The van der Waals surface area contributed by atoms with Crippen molar-refractivity contribution in [3.8, 4) is 0 Å². The molecule has 1 aliphatic rings. The number of anilines is 1. The maximum atomic E-state index is 12.4. The van der Waals surface area contributed by atoms with Crippen LogP contribution in [-0.4, -0.2) is 25.0 Å². The first-order valence-electron chi connectivity index (χ1n) is 6.95. The molecule has 1 fully saturated rings. The summed E-state index contributed by atoms with van der Waals surface area (Å²) in [5.41, 5.74) is 7.92. The zero-order valence-electron chi connectivity index (χ0n) is 11.5. The summed E-state index contributed by atoms with van der Waals surface area (Å²) in [7, 11) is 0. The van der Waals surface area contributed by atoms with E-state index in [9.17, 15) is 4.79 Å². The highest BCUT2D eigenvalue weighted by Crippen LogP contribution is 2.34. The van der Waals surface area contributed by atoms with E-state index in [1.54, 1.807) is 0 Å². The molecular weight excluding hydrogens is 270 g/mol. The summed E-state index contributed by atoms with van der Waals surface area (Å²) in [6.07, 6.45) is 1.96. The summed E-state index contributed by atoms with van der Waals surface area (Å²) < 4.78 is 1.07. The van der Waals surface area contributed by atoms with Gasteiger partial charge in [-0.05, 0) is 45.0 Å². The Bertz CT molecular complexity index is 644. The maximum absolute atomic E-state index is 12.4. The predicted molar refractivity (Wildman–Crippen MR) is 84.3 cm³/mol. The first-order valence-corrected chi connectivity index (χ1v) is 7.77. The number of hydrogen-bond donors (Lipinski definition) is 3. The van der Waals surface area contributed by atoms with Crippen LogP contribution < -0.4 is 16.4 Å². The lowest BCUT2D eigenvalue weighted by molar-refractivity contribution is 0.0934. The summed E-state index contributed by atoms with van der Waals surface area (Å²) in [4.78, 5) is 13.0. The fourth-order valence-electron chi connectivity index (χ4n) is 2.62. The number of thiophene rings is 1. The number of rotatable bonds is 2. The Hall–Kier alpha value is -1.59. The lowest BCUT2D eigenvalue weighted by Gasteiger charge is -2.23. The van der Waals surface area contributed by atoms with Crippen LogP contribution in [0.5, 0.6) is 0 Å². The molecule has 20 heavy (non-hydrogen) atoms. The smallest absolute Gasteiger partial charge is 0.263 e. The highest BCUT2D eigenvalue weighted by molar-refractivity contribution is 7.21. The summed E-state index contributed by atoms with van der Waals surface area (Å²) >= 11 is 1.48. The van der Waals surface area contributed by atoms with Gasteiger partial charge in [0.1, 0.15) is 4.88 Å². The summed E-state index contributed by atoms with van der Waals surface area (Å²) in [6.45, 7) is 3.96. The Morgan fingerprint density at radius 2 is 2.15 bits per heavy atom. The average molecular weight is 289 g/mol. The van der Waals surface area contributed by atoms with E-state index >= 15 is 0 Å². The second-order valence-corrected chi connectivity index (χ2v) is 6.39. The van der Waals surface area contributed by atoms with E-state index in [-0.39, 0.29) is 11.9 Å². The zero-order chi connectivity index (χ0) is 14.1. The van der Waals surface area contributed by atoms with Gasteiger partial charge in [0.25, 0.3) is 5.91 Å². The molecular formula is C15H19N3OS. The van der Waals surface area contributed by atoms with Gasteiger partial charge in [-0.2, -0.15) is 0 Å². The quantitative estimate of drug-likeness (QED) is 0.794. The predicted octanol–water partition coefficient (Wildman–Crippen LogP) is 2.27. The normalized spacial score (nSPS) is 16.4. The third-order valence-corrected chi connectivity index (χ3v) is 4.95. The number of amides is 1. The third-order valence-electron chi connectivity index (χ3n) is 3.76. The molecule has 0 bridgehead atoms. The van der Waals surface area contributed by atoms with E-state index in [0.29, 0.717) is 10.6 Å². The third kappa shape index (κ3) is 2.51. The van der Waals surface area contributed by atoms with E-state index < -0.39 is 0 Å². The summed E-state index contributed by atoms with van der Waals surface area (Å²) in [5.74, 6) is -0.0340. The number of aryl methyl sites for hydroxylation is 1. The van der Waals surface area contributed by atoms with Crippen molar-refractivity contribution >= 4 is 33.0 Å². The average Bonchev–Trinajstić information content (AvgIpc) is 2.77. The molecule has 0 atom stereocenters. The van der Waals surface area contributed by atoms with Gasteiger partial charge in [0, 0.05) is 16.1 Å². The van der Waals surface area contributed by atoms with E-state index in [0.717, 1.165) is 41.6 Å². The molecule has 2 aromatic rings. The molecule has 1 saturated heterocycles. The van der Waals surface area contributed by atoms with Crippen molar-refractivity contribution in [2.24, 2.45) is 0 Å². The van der Waals surface area contributed by atoms with Crippen LogP contribution in [0, 0.1) is 6.92 Å². The van der Waals surface area contributed by atoms with Crippen LogP contribution in [0.4, 0.5) is 5.69 Å². The first kappa shape index (κ1) is 13.4. The number of nitrogens with two attached hydrogens (primary N) is 1. The lowest BCUT2D eigenvalue weighted by atomic mass is 10.1. The molecule has 0 unspecified atom stereocenters. The van der Waals surface area contributed by atoms with Crippen LogP contribution in [0.15, 0.2) is 18.2 Å². The van der Waals surface area contributed by atoms with Crippen molar-refractivity contribution in [3.63, 3.8) is 0 Å². The Morgan fingerprint density at radius 1 is 1.40 bits per heavy atom. The van der Waals surface area contributed by atoms with Gasteiger partial charge in [0.05, 0.1) is 5.69 Å². The molecule has 2 heterocycles. The molecule has 0 aliphatic carbocycles. The standard InChI is InChI=1S/C15H19N3OS/c1-9-2-3-12-11(8-9)13(16)14(20-12)15(19)18-10-4-6-17-7-5-10/h2-3,8,10,17H,4-7,16H2,1H3,(H,18,19). The van der Waals surface area contributed by atoms with Crippen molar-refractivity contribution in [1.82, 2.24) is 10.6 Å². The summed E-state index contributed by atoms with van der Waals surface area (Å²) in [6, 6.07) is 6.39. The van der Waals surface area contributed by atoms with Crippen molar-refractivity contribution < 1.29 is 4.79 Å². The van der Waals surface area contributed by atoms with Gasteiger partial charge in [0.15, 0.2) is 0 Å². The molecule has 0 spiro atoms. The Labute approximate surface area is 122 Å². The number of hydrogen-bond acceptors (Lipinski definition) is 4. The Morgan fingerprint density at radius 3 is 2.90 bits per heavy atom. The van der Waals surface area contributed by atoms with Crippen LogP contribution in [0.1, 0.15) is 28.1 Å². The zero-order valence-corrected chi connectivity index (χ0v) is 12.3. The number of carbonyl (C=O) groups excluding carboxylic acids is 1. The van der Waals surface area contributed by atoms with Crippen LogP contribution in [0.25, 0.3) is 10.1 Å². The largest absolute Gasteiger partial charge is 0.397 e. The van der Waals surface area contributed by atoms with Crippen molar-refractivity contribution in [3.05, 3.63) is 28.6 Å². The number of carbonyl (C=O) groups is 1. The topological polar surface area (TPSA) is 67.2 Å². The molecule has 1 aliphatic heterocycles.